The fourth-order valence-corrected chi connectivity index (χ4v) is 4.02. The van der Waals surface area contributed by atoms with Crippen molar-refractivity contribution in [1.29, 1.82) is 5.26 Å². The van der Waals surface area contributed by atoms with Gasteiger partial charge in [-0.15, -0.1) is 0 Å². The van der Waals surface area contributed by atoms with Gasteiger partial charge in [-0.2, -0.15) is 5.26 Å². The van der Waals surface area contributed by atoms with Crippen molar-refractivity contribution in [2.75, 3.05) is 24.5 Å². The second-order valence-corrected chi connectivity index (χ2v) is 7.96. The number of anilines is 1. The van der Waals surface area contributed by atoms with Gasteiger partial charge >= 0.3 is 0 Å². The van der Waals surface area contributed by atoms with Gasteiger partial charge in [0.15, 0.2) is 10.7 Å². The Bertz CT molecular complexity index is 1250. The van der Waals surface area contributed by atoms with Gasteiger partial charge in [0.25, 0.3) is 0 Å². The van der Waals surface area contributed by atoms with Crippen LogP contribution in [0.5, 0.6) is 0 Å². The summed E-state index contributed by atoms with van der Waals surface area (Å²) in [6, 6.07) is 15.6. The number of thiol groups is 1. The first kappa shape index (κ1) is 19.7. The van der Waals surface area contributed by atoms with Crippen LogP contribution in [0.4, 0.5) is 5.69 Å². The maximum absolute atomic E-state index is 12.8. The zero-order chi connectivity index (χ0) is 21.3. The Labute approximate surface area is 174 Å². The molecule has 1 saturated heterocycles. The lowest BCUT2D eigenvalue weighted by Crippen LogP contribution is -2.53. The van der Waals surface area contributed by atoms with E-state index in [0.717, 1.165) is 10.9 Å². The molecule has 0 bridgehead atoms. The molecule has 0 atom stereocenters. The number of rotatable bonds is 4. The van der Waals surface area contributed by atoms with Crippen molar-refractivity contribution in [2.24, 2.45) is 0 Å². The van der Waals surface area contributed by atoms with E-state index in [1.807, 2.05) is 24.3 Å². The highest BCUT2D eigenvalue weighted by Gasteiger charge is 2.28. The molecule has 1 aromatic heterocycles. The number of fused-ring (bicyclic) bond motifs is 1. The van der Waals surface area contributed by atoms with Gasteiger partial charge in [0.1, 0.15) is 19.2 Å². The largest absolute Gasteiger partial charge is 0.337 e. The topological polar surface area (TPSA) is 103 Å². The van der Waals surface area contributed by atoms with Crippen LogP contribution in [0, 0.1) is 11.3 Å². The molecule has 2 heterocycles. The third-order valence-corrected chi connectivity index (χ3v) is 5.88. The van der Waals surface area contributed by atoms with Gasteiger partial charge in [0, 0.05) is 35.9 Å². The van der Waals surface area contributed by atoms with Crippen molar-refractivity contribution >= 4 is 39.1 Å². The first-order valence-electron chi connectivity index (χ1n) is 9.28. The average Bonchev–Trinajstić information content (AvgIpc) is 3.11. The average molecular weight is 422 g/mol. The number of nitriles is 1. The van der Waals surface area contributed by atoms with Crippen LogP contribution in [0.3, 0.4) is 0 Å². The molecule has 0 unspecified atom stereocenters. The van der Waals surface area contributed by atoms with Crippen molar-refractivity contribution in [3.05, 3.63) is 60.3 Å². The van der Waals surface area contributed by atoms with E-state index in [0.29, 0.717) is 24.3 Å². The summed E-state index contributed by atoms with van der Waals surface area (Å²) in [5.74, 6) is -0.434. The van der Waals surface area contributed by atoms with Gasteiger partial charge in [-0.25, -0.2) is 8.42 Å². The Kier molecular flexibility index (Phi) is 5.25. The summed E-state index contributed by atoms with van der Waals surface area (Å²) >= 11 is 0. The Balaban J connectivity index is 1.46. The molecule has 152 valence electrons. The van der Waals surface area contributed by atoms with E-state index in [2.05, 4.69) is 6.07 Å². The third-order valence-electron chi connectivity index (χ3n) is 5.16. The standard InChI is InChI=1S/C21H18N4O4S/c22-11-15-12-24(19-4-2-1-3-18(15)19)13-20(26)23-9-10-25(21(27)14-23)16-5-7-17(8-6-16)30(28)29/h1-8,12,30H,9-10,13-14H2. The van der Waals surface area contributed by atoms with Gasteiger partial charge in [-0.3, -0.25) is 9.59 Å². The Morgan fingerprint density at radius 2 is 1.80 bits per heavy atom. The molecule has 0 radical (unpaired) electrons. The molecule has 0 aliphatic carbocycles. The maximum Gasteiger partial charge on any atom is 0.246 e. The van der Waals surface area contributed by atoms with Crippen LogP contribution in [0.15, 0.2) is 59.6 Å². The first-order valence-corrected chi connectivity index (χ1v) is 10.5. The minimum absolute atomic E-state index is 0.0424. The summed E-state index contributed by atoms with van der Waals surface area (Å²) in [5.41, 5.74) is 1.90. The number of nitrogens with zero attached hydrogens (tertiary/aromatic N) is 4. The molecule has 2 amide bonds. The van der Waals surface area contributed by atoms with E-state index in [4.69, 9.17) is 0 Å². The quantitative estimate of drug-likeness (QED) is 0.640. The SMILES string of the molecule is N#Cc1cn(CC(=O)N2CCN(c3ccc([SH](=O)=O)cc3)C(=O)C2)c2ccccc12. The molecular weight excluding hydrogens is 404 g/mol. The van der Waals surface area contributed by atoms with E-state index >= 15 is 0 Å². The predicted molar refractivity (Wildman–Crippen MR) is 111 cm³/mol. The molecule has 9 heteroatoms. The minimum Gasteiger partial charge on any atom is -0.337 e. The molecule has 2 aromatic carbocycles. The smallest absolute Gasteiger partial charge is 0.246 e. The Hall–Kier alpha value is -3.64. The van der Waals surface area contributed by atoms with Gasteiger partial charge in [-0.1, -0.05) is 18.2 Å². The summed E-state index contributed by atoms with van der Waals surface area (Å²) in [4.78, 5) is 28.6. The molecule has 30 heavy (non-hydrogen) atoms. The van der Waals surface area contributed by atoms with E-state index in [1.165, 1.54) is 17.0 Å². The molecule has 4 rings (SSSR count). The van der Waals surface area contributed by atoms with Gasteiger partial charge in [0.2, 0.25) is 11.8 Å². The Morgan fingerprint density at radius 1 is 1.07 bits per heavy atom. The van der Waals surface area contributed by atoms with E-state index in [1.54, 1.807) is 27.8 Å². The molecular formula is C21H18N4O4S. The molecule has 0 N–H and O–H groups in total. The lowest BCUT2D eigenvalue weighted by Gasteiger charge is -2.34. The molecule has 3 aromatic rings. The summed E-state index contributed by atoms with van der Waals surface area (Å²) in [6.07, 6.45) is 1.66. The van der Waals surface area contributed by atoms with Crippen LogP contribution in [-0.2, 0) is 26.8 Å². The molecule has 1 aliphatic heterocycles. The minimum atomic E-state index is -2.67. The fourth-order valence-electron chi connectivity index (χ4n) is 3.63. The van der Waals surface area contributed by atoms with Crippen molar-refractivity contribution in [3.63, 3.8) is 0 Å². The summed E-state index contributed by atoms with van der Waals surface area (Å²) in [6.45, 7) is 0.678. The summed E-state index contributed by atoms with van der Waals surface area (Å²) in [5, 5.41) is 10.1. The second kappa shape index (κ2) is 8.00. The maximum atomic E-state index is 12.8. The number of amides is 2. The number of carbonyl (C=O) groups is 2. The first-order chi connectivity index (χ1) is 14.5. The third kappa shape index (κ3) is 3.65. The highest BCUT2D eigenvalue weighted by atomic mass is 32.2. The lowest BCUT2D eigenvalue weighted by molar-refractivity contribution is -0.137. The van der Waals surface area contributed by atoms with Crippen molar-refractivity contribution in [2.45, 2.75) is 11.4 Å². The number of benzene rings is 2. The van der Waals surface area contributed by atoms with Crippen LogP contribution < -0.4 is 4.90 Å². The predicted octanol–water partition coefficient (Wildman–Crippen LogP) is 1.36. The zero-order valence-electron chi connectivity index (χ0n) is 15.9. The number of carbonyl (C=O) groups excluding carboxylic acids is 2. The number of hydrogen-bond acceptors (Lipinski definition) is 5. The van der Waals surface area contributed by atoms with E-state index in [9.17, 15) is 23.3 Å². The van der Waals surface area contributed by atoms with Crippen molar-refractivity contribution in [1.82, 2.24) is 9.47 Å². The molecule has 8 nitrogen and oxygen atoms in total. The molecule has 0 saturated carbocycles. The fraction of sp³-hybridized carbons (Fsp3) is 0.190. The van der Waals surface area contributed by atoms with Crippen molar-refractivity contribution < 1.29 is 18.0 Å². The van der Waals surface area contributed by atoms with Crippen molar-refractivity contribution in [3.8, 4) is 6.07 Å². The van der Waals surface area contributed by atoms with E-state index in [-0.39, 0.29) is 29.8 Å². The molecule has 1 aliphatic rings. The second-order valence-electron chi connectivity index (χ2n) is 6.93. The Morgan fingerprint density at radius 3 is 2.47 bits per heavy atom. The van der Waals surface area contributed by atoms with Crippen LogP contribution in [-0.4, -0.2) is 49.3 Å². The normalized spacial score (nSPS) is 14.3. The van der Waals surface area contributed by atoms with Gasteiger partial charge < -0.3 is 14.4 Å². The number of hydrogen-bond donors (Lipinski definition) is 1. The highest BCUT2D eigenvalue weighted by molar-refractivity contribution is 7.72. The summed E-state index contributed by atoms with van der Waals surface area (Å²) in [7, 11) is -2.67. The van der Waals surface area contributed by atoms with Gasteiger partial charge in [-0.05, 0) is 30.3 Å². The van der Waals surface area contributed by atoms with Gasteiger partial charge in [0.05, 0.1) is 10.5 Å². The molecule has 0 spiro atoms. The zero-order valence-corrected chi connectivity index (χ0v) is 16.8. The number of piperazine rings is 1. The lowest BCUT2D eigenvalue weighted by atomic mass is 10.2. The van der Waals surface area contributed by atoms with E-state index < -0.39 is 10.7 Å². The summed E-state index contributed by atoms with van der Waals surface area (Å²) < 4.78 is 23.8. The van der Waals surface area contributed by atoms with Crippen LogP contribution >= 0.6 is 0 Å². The number of para-hydroxylation sites is 1. The van der Waals surface area contributed by atoms with Crippen LogP contribution in [0.1, 0.15) is 5.56 Å². The van der Waals surface area contributed by atoms with Crippen LogP contribution in [0.25, 0.3) is 10.9 Å². The monoisotopic (exact) mass is 422 g/mol. The van der Waals surface area contributed by atoms with Crippen LogP contribution in [0.2, 0.25) is 0 Å². The highest BCUT2D eigenvalue weighted by Crippen LogP contribution is 2.22. The molecule has 1 fully saturated rings. The number of aromatic nitrogens is 1.